The summed E-state index contributed by atoms with van der Waals surface area (Å²) in [5, 5.41) is -0.598. The summed E-state index contributed by atoms with van der Waals surface area (Å²) in [7, 11) is -3.65. The second kappa shape index (κ2) is 6.05. The molecule has 1 aliphatic rings. The van der Waals surface area contributed by atoms with E-state index in [1.807, 2.05) is 26.0 Å². The summed E-state index contributed by atoms with van der Waals surface area (Å²) >= 11 is 0. The third-order valence-electron chi connectivity index (χ3n) is 3.59. The van der Waals surface area contributed by atoms with Gasteiger partial charge in [0, 0.05) is 5.56 Å². The van der Waals surface area contributed by atoms with Gasteiger partial charge < -0.3 is 4.74 Å². The van der Waals surface area contributed by atoms with Gasteiger partial charge >= 0.3 is 0 Å². The fourth-order valence-corrected chi connectivity index (χ4v) is 3.74. The van der Waals surface area contributed by atoms with E-state index in [0.717, 1.165) is 5.56 Å². The number of nitrogens with one attached hydrogen (secondary N) is 1. The van der Waals surface area contributed by atoms with Crippen LogP contribution in [0.25, 0.3) is 0 Å². The molecular formula is C15H21NO4S. The Bertz CT molecular complexity index is 624. The number of hydrogen-bond acceptors (Lipinski definition) is 4. The van der Waals surface area contributed by atoms with Gasteiger partial charge in [-0.1, -0.05) is 32.0 Å². The van der Waals surface area contributed by atoms with E-state index in [9.17, 15) is 13.2 Å². The number of rotatable bonds is 5. The molecule has 0 saturated carbocycles. The molecule has 1 aliphatic heterocycles. The van der Waals surface area contributed by atoms with E-state index in [-0.39, 0.29) is 12.5 Å². The van der Waals surface area contributed by atoms with Crippen LogP contribution in [0.15, 0.2) is 24.3 Å². The Balaban J connectivity index is 2.09. The fourth-order valence-electron chi connectivity index (χ4n) is 2.48. The molecular weight excluding hydrogens is 290 g/mol. The Morgan fingerprint density at radius 1 is 1.33 bits per heavy atom. The zero-order chi connectivity index (χ0) is 15.6. The van der Waals surface area contributed by atoms with Crippen LogP contribution in [0.1, 0.15) is 38.7 Å². The summed E-state index contributed by atoms with van der Waals surface area (Å²) < 4.78 is 32.0. The molecule has 1 heterocycles. The van der Waals surface area contributed by atoms with Crippen LogP contribution in [0.5, 0.6) is 5.75 Å². The van der Waals surface area contributed by atoms with Gasteiger partial charge in [0.05, 0.1) is 5.25 Å². The summed E-state index contributed by atoms with van der Waals surface area (Å²) in [5.74, 6) is -0.190. The van der Waals surface area contributed by atoms with Crippen molar-refractivity contribution in [2.45, 2.75) is 38.4 Å². The number of sulfonamides is 1. The molecule has 2 unspecified atom stereocenters. The van der Waals surface area contributed by atoms with E-state index in [1.54, 1.807) is 19.1 Å². The minimum absolute atomic E-state index is 0.180. The highest BCUT2D eigenvalue weighted by Gasteiger charge is 2.33. The van der Waals surface area contributed by atoms with Crippen LogP contribution in [-0.4, -0.2) is 26.2 Å². The average Bonchev–Trinajstić information content (AvgIpc) is 2.81. The van der Waals surface area contributed by atoms with Gasteiger partial charge in [-0.15, -0.1) is 0 Å². The first-order valence-electron chi connectivity index (χ1n) is 7.08. The predicted octanol–water partition coefficient (Wildman–Crippen LogP) is 2.04. The van der Waals surface area contributed by atoms with E-state index in [4.69, 9.17) is 4.74 Å². The molecule has 116 valence electrons. The van der Waals surface area contributed by atoms with Crippen molar-refractivity contribution in [2.75, 3.05) is 6.61 Å². The van der Waals surface area contributed by atoms with Gasteiger partial charge in [0.1, 0.15) is 18.3 Å². The lowest BCUT2D eigenvalue weighted by Crippen LogP contribution is -2.40. The molecule has 5 nitrogen and oxygen atoms in total. The summed E-state index contributed by atoms with van der Waals surface area (Å²) in [6, 6.07) is 7.19. The Labute approximate surface area is 125 Å². The minimum atomic E-state index is -3.65. The maximum absolute atomic E-state index is 12.2. The molecule has 0 radical (unpaired) electrons. The highest BCUT2D eigenvalue weighted by Crippen LogP contribution is 2.33. The smallest absolute Gasteiger partial charge is 0.244 e. The number of carbonyl (C=O) groups is 1. The zero-order valence-electron chi connectivity index (χ0n) is 12.5. The van der Waals surface area contributed by atoms with Gasteiger partial charge in [-0.3, -0.25) is 9.52 Å². The van der Waals surface area contributed by atoms with Gasteiger partial charge in [0.15, 0.2) is 0 Å². The summed E-state index contributed by atoms with van der Waals surface area (Å²) in [6.07, 6.45) is 0.514. The van der Waals surface area contributed by atoms with Crippen molar-refractivity contribution in [2.24, 2.45) is 5.92 Å². The molecule has 0 spiro atoms. The Morgan fingerprint density at radius 2 is 2.00 bits per heavy atom. The molecule has 2 rings (SSSR count). The lowest BCUT2D eigenvalue weighted by atomic mass is 10.0. The van der Waals surface area contributed by atoms with Crippen molar-refractivity contribution >= 4 is 15.9 Å². The minimum Gasteiger partial charge on any atom is -0.492 e. The molecule has 6 heteroatoms. The monoisotopic (exact) mass is 311 g/mol. The number of amides is 1. The third-order valence-corrected chi connectivity index (χ3v) is 5.33. The molecule has 2 atom stereocenters. The van der Waals surface area contributed by atoms with E-state index in [1.165, 1.54) is 0 Å². The molecule has 1 aromatic carbocycles. The maximum atomic E-state index is 12.2. The number of hydrogen-bond donors (Lipinski definition) is 1. The molecule has 0 saturated heterocycles. The van der Waals surface area contributed by atoms with Gasteiger partial charge in [-0.05, 0) is 25.3 Å². The largest absolute Gasteiger partial charge is 0.492 e. The zero-order valence-corrected chi connectivity index (χ0v) is 13.3. The van der Waals surface area contributed by atoms with Crippen molar-refractivity contribution in [1.82, 2.24) is 4.72 Å². The molecule has 0 bridgehead atoms. The van der Waals surface area contributed by atoms with Crippen LogP contribution >= 0.6 is 0 Å². The molecule has 1 N–H and O–H groups in total. The highest BCUT2D eigenvalue weighted by atomic mass is 32.2. The quantitative estimate of drug-likeness (QED) is 0.903. The Hall–Kier alpha value is -1.56. The van der Waals surface area contributed by atoms with Crippen LogP contribution in [0, 0.1) is 5.92 Å². The fraction of sp³-hybridized carbons (Fsp3) is 0.533. The van der Waals surface area contributed by atoms with Crippen LogP contribution in [0.3, 0.4) is 0 Å². The first-order chi connectivity index (χ1) is 9.81. The molecule has 21 heavy (non-hydrogen) atoms. The number of para-hydroxylation sites is 1. The Kier molecular flexibility index (Phi) is 4.56. The average molecular weight is 311 g/mol. The van der Waals surface area contributed by atoms with Crippen molar-refractivity contribution in [3.8, 4) is 5.75 Å². The topological polar surface area (TPSA) is 72.5 Å². The van der Waals surface area contributed by atoms with Crippen LogP contribution in [-0.2, 0) is 14.8 Å². The predicted molar refractivity (Wildman–Crippen MR) is 80.7 cm³/mol. The molecule has 0 aromatic heterocycles. The Morgan fingerprint density at radius 3 is 2.67 bits per heavy atom. The summed E-state index contributed by atoms with van der Waals surface area (Å²) in [6.45, 7) is 5.71. The normalized spacial score (nSPS) is 19.0. The van der Waals surface area contributed by atoms with Crippen LogP contribution < -0.4 is 9.46 Å². The number of carbonyl (C=O) groups excluding carboxylic acids is 1. The van der Waals surface area contributed by atoms with Crippen LogP contribution in [0.2, 0.25) is 0 Å². The molecule has 1 aromatic rings. The second-order valence-corrected chi connectivity index (χ2v) is 7.95. The van der Waals surface area contributed by atoms with Gasteiger partial charge in [-0.25, -0.2) is 8.42 Å². The highest BCUT2D eigenvalue weighted by molar-refractivity contribution is 7.90. The molecule has 0 fully saturated rings. The van der Waals surface area contributed by atoms with E-state index in [0.29, 0.717) is 12.2 Å². The number of ether oxygens (including phenoxy) is 1. The molecule has 0 aliphatic carbocycles. The van der Waals surface area contributed by atoms with Crippen LogP contribution in [0.4, 0.5) is 0 Å². The standard InChI is InChI=1S/C15H21NO4S/c1-10(2)8-11(3)21(18,19)16-15(17)13-9-20-14-7-5-4-6-12(13)14/h4-7,10-11,13H,8-9H2,1-3H3,(H,16,17). The van der Waals surface area contributed by atoms with E-state index >= 15 is 0 Å². The van der Waals surface area contributed by atoms with Gasteiger partial charge in [0.2, 0.25) is 15.9 Å². The van der Waals surface area contributed by atoms with Gasteiger partial charge in [-0.2, -0.15) is 0 Å². The summed E-state index contributed by atoms with van der Waals surface area (Å²) in [5.41, 5.74) is 0.738. The van der Waals surface area contributed by atoms with Crippen molar-refractivity contribution in [3.63, 3.8) is 0 Å². The lowest BCUT2D eigenvalue weighted by Gasteiger charge is -2.17. The molecule has 1 amide bonds. The maximum Gasteiger partial charge on any atom is 0.244 e. The first-order valence-corrected chi connectivity index (χ1v) is 8.63. The van der Waals surface area contributed by atoms with Crippen molar-refractivity contribution in [3.05, 3.63) is 29.8 Å². The third kappa shape index (κ3) is 3.56. The SMILES string of the molecule is CC(C)CC(C)S(=O)(=O)NC(=O)C1COc2ccccc21. The lowest BCUT2D eigenvalue weighted by molar-refractivity contribution is -0.121. The first kappa shape index (κ1) is 15.8. The van der Waals surface area contributed by atoms with E-state index in [2.05, 4.69) is 4.72 Å². The van der Waals surface area contributed by atoms with Crippen molar-refractivity contribution < 1.29 is 17.9 Å². The number of fused-ring (bicyclic) bond motifs is 1. The summed E-state index contributed by atoms with van der Waals surface area (Å²) in [4.78, 5) is 12.2. The number of benzene rings is 1. The van der Waals surface area contributed by atoms with Crippen molar-refractivity contribution in [1.29, 1.82) is 0 Å². The van der Waals surface area contributed by atoms with Gasteiger partial charge in [0.25, 0.3) is 0 Å². The van der Waals surface area contributed by atoms with E-state index < -0.39 is 27.1 Å². The second-order valence-electron chi connectivity index (χ2n) is 5.85.